The van der Waals surface area contributed by atoms with Gasteiger partial charge < -0.3 is 9.84 Å². The molecule has 0 aliphatic carbocycles. The Morgan fingerprint density at radius 1 is 1.56 bits per heavy atom. The van der Waals surface area contributed by atoms with Crippen molar-refractivity contribution in [1.29, 1.82) is 0 Å². The average Bonchev–Trinajstić information content (AvgIpc) is 2.57. The van der Waals surface area contributed by atoms with Crippen molar-refractivity contribution in [2.45, 2.75) is 18.2 Å². The molecule has 0 atom stereocenters. The lowest BCUT2D eigenvalue weighted by Gasteiger charge is -2.02. The number of carboxylic acid groups (broad SMARTS) is 1. The Kier molecular flexibility index (Phi) is 3.93. The largest absolute Gasteiger partial charge is 0.483 e. The minimum atomic E-state index is -3.45. The number of hydrogen-bond acceptors (Lipinski definition) is 5. The van der Waals surface area contributed by atoms with Crippen molar-refractivity contribution < 1.29 is 23.1 Å². The minimum absolute atomic E-state index is 0.0356. The standard InChI is InChI=1S/C9H12O5S2/c1-3-4-14-9-7(16(2,12)13)5-6(15-9)8(10)11/h5H,3-4H2,1-2H3,(H,10,11). The van der Waals surface area contributed by atoms with E-state index in [2.05, 4.69) is 0 Å². The van der Waals surface area contributed by atoms with Crippen LogP contribution < -0.4 is 4.74 Å². The average molecular weight is 264 g/mol. The zero-order valence-electron chi connectivity index (χ0n) is 8.89. The number of sulfone groups is 1. The Labute approximate surface area is 97.6 Å². The molecule has 16 heavy (non-hydrogen) atoms. The molecule has 1 N–H and O–H groups in total. The number of rotatable bonds is 5. The molecule has 0 bridgehead atoms. The number of aromatic carboxylic acids is 1. The predicted octanol–water partition coefficient (Wildman–Crippen LogP) is 1.64. The lowest BCUT2D eigenvalue weighted by atomic mass is 10.5. The van der Waals surface area contributed by atoms with Crippen molar-refractivity contribution in [1.82, 2.24) is 0 Å². The van der Waals surface area contributed by atoms with Gasteiger partial charge in [0.05, 0.1) is 6.61 Å². The van der Waals surface area contributed by atoms with E-state index in [1.807, 2.05) is 6.92 Å². The summed E-state index contributed by atoms with van der Waals surface area (Å²) >= 11 is 0.833. The van der Waals surface area contributed by atoms with Gasteiger partial charge in [0.1, 0.15) is 9.77 Å². The van der Waals surface area contributed by atoms with Gasteiger partial charge in [-0.2, -0.15) is 0 Å². The molecule has 7 heteroatoms. The summed E-state index contributed by atoms with van der Waals surface area (Å²) in [5, 5.41) is 8.93. The molecule has 0 amide bonds. The second kappa shape index (κ2) is 4.84. The van der Waals surface area contributed by atoms with Crippen LogP contribution in [0.3, 0.4) is 0 Å². The van der Waals surface area contributed by atoms with Gasteiger partial charge >= 0.3 is 5.97 Å². The van der Waals surface area contributed by atoms with Crippen LogP contribution in [-0.2, 0) is 9.84 Å². The van der Waals surface area contributed by atoms with Gasteiger partial charge in [0.25, 0.3) is 0 Å². The molecule has 0 fully saturated rings. The maximum absolute atomic E-state index is 11.4. The van der Waals surface area contributed by atoms with Crippen molar-refractivity contribution >= 4 is 27.1 Å². The summed E-state index contributed by atoms with van der Waals surface area (Å²) in [6.45, 7) is 2.24. The third-order valence-electron chi connectivity index (χ3n) is 1.71. The van der Waals surface area contributed by atoms with Gasteiger partial charge in [0.15, 0.2) is 14.9 Å². The summed E-state index contributed by atoms with van der Waals surface area (Å²) in [6, 6.07) is 1.13. The number of hydrogen-bond donors (Lipinski definition) is 1. The molecule has 5 nitrogen and oxygen atoms in total. The monoisotopic (exact) mass is 264 g/mol. The van der Waals surface area contributed by atoms with Crippen LogP contribution in [0.25, 0.3) is 0 Å². The van der Waals surface area contributed by atoms with Gasteiger partial charge in [-0.3, -0.25) is 0 Å². The first-order valence-electron chi connectivity index (χ1n) is 4.56. The molecule has 0 aliphatic heterocycles. The lowest BCUT2D eigenvalue weighted by molar-refractivity contribution is 0.0702. The van der Waals surface area contributed by atoms with Crippen LogP contribution in [0.5, 0.6) is 5.06 Å². The highest BCUT2D eigenvalue weighted by Gasteiger charge is 2.21. The zero-order chi connectivity index (χ0) is 12.3. The first-order valence-corrected chi connectivity index (χ1v) is 7.27. The van der Waals surface area contributed by atoms with Crippen LogP contribution in [0.2, 0.25) is 0 Å². The quantitative estimate of drug-likeness (QED) is 0.874. The summed E-state index contributed by atoms with van der Waals surface area (Å²) in [5.74, 6) is -1.15. The van der Waals surface area contributed by atoms with E-state index in [0.29, 0.717) is 6.61 Å². The fourth-order valence-corrected chi connectivity index (χ4v) is 3.13. The predicted molar refractivity (Wildman–Crippen MR) is 60.2 cm³/mol. The van der Waals surface area contributed by atoms with Crippen LogP contribution in [0.1, 0.15) is 23.0 Å². The fourth-order valence-electron chi connectivity index (χ4n) is 1.02. The summed E-state index contributed by atoms with van der Waals surface area (Å²) in [7, 11) is -3.45. The topological polar surface area (TPSA) is 80.7 Å². The molecule has 1 aromatic heterocycles. The zero-order valence-corrected chi connectivity index (χ0v) is 10.5. The first kappa shape index (κ1) is 13.0. The smallest absolute Gasteiger partial charge is 0.346 e. The molecule has 1 rings (SSSR count). The Hall–Kier alpha value is -1.08. The second-order valence-electron chi connectivity index (χ2n) is 3.19. The second-order valence-corrected chi connectivity index (χ2v) is 6.19. The number of thiophene rings is 1. The molecule has 0 spiro atoms. The molecule has 0 saturated carbocycles. The van der Waals surface area contributed by atoms with E-state index >= 15 is 0 Å². The Bertz CT molecular complexity index is 486. The maximum Gasteiger partial charge on any atom is 0.346 e. The number of carbonyl (C=O) groups is 1. The first-order chi connectivity index (χ1) is 7.36. The summed E-state index contributed by atoms with van der Waals surface area (Å²) in [4.78, 5) is 10.6. The molecular weight excluding hydrogens is 252 g/mol. The van der Waals surface area contributed by atoms with Gasteiger partial charge in [-0.15, -0.1) is 0 Å². The molecule has 0 unspecified atom stereocenters. The molecule has 1 aromatic rings. The third kappa shape index (κ3) is 2.96. The van der Waals surface area contributed by atoms with Gasteiger partial charge in [-0.25, -0.2) is 13.2 Å². The van der Waals surface area contributed by atoms with Gasteiger partial charge in [-0.05, 0) is 12.5 Å². The molecule has 0 aliphatic rings. The molecule has 0 saturated heterocycles. The molecular formula is C9H12O5S2. The summed E-state index contributed by atoms with van der Waals surface area (Å²) < 4.78 is 28.0. The van der Waals surface area contributed by atoms with E-state index in [1.54, 1.807) is 0 Å². The summed E-state index contributed by atoms with van der Waals surface area (Å²) in [6.07, 6.45) is 1.75. The van der Waals surface area contributed by atoms with Crippen LogP contribution in [-0.4, -0.2) is 32.4 Å². The fraction of sp³-hybridized carbons (Fsp3) is 0.444. The highest BCUT2D eigenvalue weighted by molar-refractivity contribution is 7.91. The van der Waals surface area contributed by atoms with Gasteiger partial charge in [-0.1, -0.05) is 18.3 Å². The highest BCUT2D eigenvalue weighted by atomic mass is 32.2. The van der Waals surface area contributed by atoms with Crippen LogP contribution in [0.15, 0.2) is 11.0 Å². The van der Waals surface area contributed by atoms with Gasteiger partial charge in [0.2, 0.25) is 0 Å². The third-order valence-corrected chi connectivity index (χ3v) is 3.98. The van der Waals surface area contributed by atoms with Crippen molar-refractivity contribution in [2.24, 2.45) is 0 Å². The SMILES string of the molecule is CCCOc1sc(C(=O)O)cc1S(C)(=O)=O. The van der Waals surface area contributed by atoms with Crippen molar-refractivity contribution in [3.05, 3.63) is 10.9 Å². The minimum Gasteiger partial charge on any atom is -0.483 e. The Morgan fingerprint density at radius 2 is 2.19 bits per heavy atom. The lowest BCUT2D eigenvalue weighted by Crippen LogP contribution is -2.00. The van der Waals surface area contributed by atoms with E-state index in [-0.39, 0.29) is 14.8 Å². The number of ether oxygens (including phenoxy) is 1. The number of carboxylic acids is 1. The molecule has 1 heterocycles. The van der Waals surface area contributed by atoms with Crippen molar-refractivity contribution in [3.8, 4) is 5.06 Å². The van der Waals surface area contributed by atoms with Crippen molar-refractivity contribution in [3.63, 3.8) is 0 Å². The highest BCUT2D eigenvalue weighted by Crippen LogP contribution is 2.34. The van der Waals surface area contributed by atoms with Crippen LogP contribution in [0.4, 0.5) is 0 Å². The Balaban J connectivity index is 3.18. The van der Waals surface area contributed by atoms with Crippen LogP contribution >= 0.6 is 11.3 Å². The van der Waals surface area contributed by atoms with Crippen LogP contribution in [0, 0.1) is 0 Å². The Morgan fingerprint density at radius 3 is 2.62 bits per heavy atom. The van der Waals surface area contributed by atoms with E-state index in [1.165, 1.54) is 0 Å². The normalized spacial score (nSPS) is 11.4. The van der Waals surface area contributed by atoms with E-state index in [0.717, 1.165) is 30.1 Å². The van der Waals surface area contributed by atoms with Crippen molar-refractivity contribution in [2.75, 3.05) is 12.9 Å². The van der Waals surface area contributed by atoms with E-state index in [9.17, 15) is 13.2 Å². The summed E-state index contributed by atoms with van der Waals surface area (Å²) in [5.41, 5.74) is 0. The van der Waals surface area contributed by atoms with Gasteiger partial charge in [0, 0.05) is 6.26 Å². The molecule has 0 radical (unpaired) electrons. The molecule has 0 aromatic carbocycles. The van der Waals surface area contributed by atoms with E-state index < -0.39 is 15.8 Å². The van der Waals surface area contributed by atoms with E-state index in [4.69, 9.17) is 9.84 Å². The maximum atomic E-state index is 11.4. The molecule has 90 valence electrons.